The molecule has 0 unspecified atom stereocenters. The number of halogens is 3. The first-order valence-electron chi connectivity index (χ1n) is 8.48. The van der Waals surface area contributed by atoms with Crippen LogP contribution in [0.1, 0.15) is 32.6 Å². The van der Waals surface area contributed by atoms with E-state index in [0.717, 1.165) is 23.7 Å². The van der Waals surface area contributed by atoms with E-state index in [1.165, 1.54) is 0 Å². The van der Waals surface area contributed by atoms with Gasteiger partial charge in [-0.15, -0.1) is 0 Å². The SMILES string of the molecule is C[C@H]1CCC(=NC(=O)C(F)F)C[C@@H](Nc2nc(Cl)cc3ncccc23)C1. The molecule has 1 amide bonds. The lowest BCUT2D eigenvalue weighted by atomic mass is 10.0. The molecular formula is C18H19ClF2N4O. The number of pyridine rings is 2. The molecule has 138 valence electrons. The minimum absolute atomic E-state index is 0.0777. The van der Waals surface area contributed by atoms with Gasteiger partial charge in [0, 0.05) is 35.8 Å². The lowest BCUT2D eigenvalue weighted by Gasteiger charge is -2.20. The second-order valence-electron chi connectivity index (χ2n) is 6.61. The number of alkyl halides is 2. The van der Waals surface area contributed by atoms with Crippen LogP contribution in [-0.4, -0.2) is 34.1 Å². The highest BCUT2D eigenvalue weighted by Gasteiger charge is 2.24. The van der Waals surface area contributed by atoms with Crippen LogP contribution >= 0.6 is 11.6 Å². The van der Waals surface area contributed by atoms with E-state index in [1.807, 2.05) is 12.1 Å². The van der Waals surface area contributed by atoms with Crippen LogP contribution in [0.15, 0.2) is 29.4 Å². The number of hydrogen-bond donors (Lipinski definition) is 1. The van der Waals surface area contributed by atoms with Gasteiger partial charge < -0.3 is 5.32 Å². The molecule has 1 aliphatic rings. The predicted molar refractivity (Wildman–Crippen MR) is 98.0 cm³/mol. The zero-order valence-electron chi connectivity index (χ0n) is 14.3. The van der Waals surface area contributed by atoms with E-state index in [2.05, 4.69) is 27.2 Å². The Hall–Kier alpha value is -2.15. The van der Waals surface area contributed by atoms with E-state index in [0.29, 0.717) is 35.4 Å². The van der Waals surface area contributed by atoms with E-state index < -0.39 is 12.3 Å². The minimum Gasteiger partial charge on any atom is -0.366 e. The summed E-state index contributed by atoms with van der Waals surface area (Å²) in [5.41, 5.74) is 1.22. The number of aliphatic imine (C=N–C) groups is 1. The second kappa shape index (κ2) is 8.03. The second-order valence-corrected chi connectivity index (χ2v) is 6.99. The van der Waals surface area contributed by atoms with Crippen molar-refractivity contribution < 1.29 is 13.6 Å². The topological polar surface area (TPSA) is 67.2 Å². The first kappa shape index (κ1) is 18.6. The molecule has 2 aromatic rings. The monoisotopic (exact) mass is 380 g/mol. The fourth-order valence-corrected chi connectivity index (χ4v) is 3.44. The molecule has 26 heavy (non-hydrogen) atoms. The zero-order chi connectivity index (χ0) is 18.7. The Morgan fingerprint density at radius 1 is 1.46 bits per heavy atom. The van der Waals surface area contributed by atoms with E-state index in [9.17, 15) is 13.6 Å². The zero-order valence-corrected chi connectivity index (χ0v) is 15.0. The standard InChI is InChI=1S/C18H19ClF2N4O/c1-10-4-5-11(24-18(26)16(20)21)8-12(7-10)23-17-13-3-2-6-22-14(13)9-15(19)25-17/h2-3,6,9-10,12,16H,4-5,7-8H2,1H3,(H,23,25)/t10-,12-/m0/s1. The van der Waals surface area contributed by atoms with E-state index in [1.54, 1.807) is 12.3 Å². The highest BCUT2D eigenvalue weighted by Crippen LogP contribution is 2.28. The number of fused-ring (bicyclic) bond motifs is 1. The van der Waals surface area contributed by atoms with Gasteiger partial charge in [0.25, 0.3) is 0 Å². The average Bonchev–Trinajstić information content (AvgIpc) is 2.75. The molecule has 0 aromatic carbocycles. The van der Waals surface area contributed by atoms with Crippen LogP contribution in [0.3, 0.4) is 0 Å². The molecule has 2 heterocycles. The largest absolute Gasteiger partial charge is 0.366 e. The Labute approximate surface area is 154 Å². The molecule has 0 saturated heterocycles. The van der Waals surface area contributed by atoms with Crippen molar-refractivity contribution in [1.82, 2.24) is 9.97 Å². The summed E-state index contributed by atoms with van der Waals surface area (Å²) < 4.78 is 25.0. The van der Waals surface area contributed by atoms with Crippen molar-refractivity contribution in [2.24, 2.45) is 10.9 Å². The molecule has 1 saturated carbocycles. The number of carbonyl (C=O) groups is 1. The molecule has 0 bridgehead atoms. The van der Waals surface area contributed by atoms with Crippen molar-refractivity contribution in [1.29, 1.82) is 0 Å². The van der Waals surface area contributed by atoms with Gasteiger partial charge in [-0.25, -0.2) is 9.98 Å². The minimum atomic E-state index is -3.07. The summed E-state index contributed by atoms with van der Waals surface area (Å²) in [5, 5.41) is 4.50. The molecule has 0 spiro atoms. The van der Waals surface area contributed by atoms with Crippen molar-refractivity contribution in [3.05, 3.63) is 29.5 Å². The molecule has 2 atom stereocenters. The number of carbonyl (C=O) groups excluding carboxylic acids is 1. The molecule has 1 fully saturated rings. The van der Waals surface area contributed by atoms with Crippen LogP contribution in [-0.2, 0) is 4.79 Å². The maximum atomic E-state index is 12.5. The van der Waals surface area contributed by atoms with Crippen molar-refractivity contribution in [3.63, 3.8) is 0 Å². The molecule has 0 radical (unpaired) electrons. The summed E-state index contributed by atoms with van der Waals surface area (Å²) in [5.74, 6) is -0.409. The smallest absolute Gasteiger partial charge is 0.317 e. The van der Waals surface area contributed by atoms with Crippen LogP contribution in [0.4, 0.5) is 14.6 Å². The predicted octanol–water partition coefficient (Wildman–Crippen LogP) is 4.51. The molecule has 3 rings (SSSR count). The Morgan fingerprint density at radius 2 is 2.27 bits per heavy atom. The van der Waals surface area contributed by atoms with Gasteiger partial charge in [-0.2, -0.15) is 8.78 Å². The Kier molecular flexibility index (Phi) is 5.76. The highest BCUT2D eigenvalue weighted by molar-refractivity contribution is 6.30. The van der Waals surface area contributed by atoms with Crippen molar-refractivity contribution in [2.45, 2.75) is 45.1 Å². The molecule has 1 N–H and O–H groups in total. The molecule has 5 nitrogen and oxygen atoms in total. The van der Waals surface area contributed by atoms with Gasteiger partial charge in [-0.1, -0.05) is 18.5 Å². The van der Waals surface area contributed by atoms with Crippen LogP contribution in [0.25, 0.3) is 10.9 Å². The maximum absolute atomic E-state index is 12.5. The van der Waals surface area contributed by atoms with Crippen LogP contribution in [0.5, 0.6) is 0 Å². The summed E-state index contributed by atoms with van der Waals surface area (Å²) in [4.78, 5) is 23.6. The van der Waals surface area contributed by atoms with E-state index in [4.69, 9.17) is 11.6 Å². The number of aromatic nitrogens is 2. The van der Waals surface area contributed by atoms with Gasteiger partial charge in [-0.05, 0) is 37.3 Å². The number of anilines is 1. The van der Waals surface area contributed by atoms with Gasteiger partial charge in [0.05, 0.1) is 5.52 Å². The lowest BCUT2D eigenvalue weighted by molar-refractivity contribution is -0.128. The molecular weight excluding hydrogens is 362 g/mol. The lowest BCUT2D eigenvalue weighted by Crippen LogP contribution is -2.24. The fourth-order valence-electron chi connectivity index (χ4n) is 3.25. The van der Waals surface area contributed by atoms with E-state index in [-0.39, 0.29) is 6.04 Å². The highest BCUT2D eigenvalue weighted by atomic mass is 35.5. The third kappa shape index (κ3) is 4.52. The summed E-state index contributed by atoms with van der Waals surface area (Å²) in [6.07, 6.45) is 1.19. The summed E-state index contributed by atoms with van der Waals surface area (Å²) in [6.45, 7) is 2.09. The molecule has 1 aliphatic carbocycles. The summed E-state index contributed by atoms with van der Waals surface area (Å²) in [7, 11) is 0. The normalized spacial score (nSPS) is 22.6. The van der Waals surface area contributed by atoms with Gasteiger partial charge in [0.15, 0.2) is 0 Å². The van der Waals surface area contributed by atoms with Crippen LogP contribution in [0.2, 0.25) is 5.15 Å². The number of nitrogens with one attached hydrogen (secondary N) is 1. The van der Waals surface area contributed by atoms with Gasteiger partial charge in [0.2, 0.25) is 0 Å². The summed E-state index contributed by atoms with van der Waals surface area (Å²) in [6, 6.07) is 5.31. The van der Waals surface area contributed by atoms with Crippen molar-refractivity contribution >= 4 is 39.9 Å². The van der Waals surface area contributed by atoms with Crippen LogP contribution in [0, 0.1) is 5.92 Å². The van der Waals surface area contributed by atoms with Crippen molar-refractivity contribution in [3.8, 4) is 0 Å². The van der Waals surface area contributed by atoms with Gasteiger partial charge in [0.1, 0.15) is 11.0 Å². The number of amides is 1. The first-order chi connectivity index (χ1) is 12.4. The Bertz CT molecular complexity index is 843. The molecule has 2 aromatic heterocycles. The average molecular weight is 381 g/mol. The Balaban J connectivity index is 1.87. The Morgan fingerprint density at radius 3 is 3.04 bits per heavy atom. The van der Waals surface area contributed by atoms with Gasteiger partial charge >= 0.3 is 12.3 Å². The number of nitrogens with zero attached hydrogens (tertiary/aromatic N) is 3. The number of hydrogen-bond acceptors (Lipinski definition) is 4. The fraction of sp³-hybridized carbons (Fsp3) is 0.444. The molecule has 0 aliphatic heterocycles. The van der Waals surface area contributed by atoms with Crippen molar-refractivity contribution in [2.75, 3.05) is 5.32 Å². The van der Waals surface area contributed by atoms with Crippen LogP contribution < -0.4 is 5.32 Å². The van der Waals surface area contributed by atoms with E-state index >= 15 is 0 Å². The third-order valence-corrected chi connectivity index (χ3v) is 4.65. The quantitative estimate of drug-likeness (QED) is 0.628. The third-order valence-electron chi connectivity index (χ3n) is 4.46. The maximum Gasteiger partial charge on any atom is 0.317 e. The number of rotatable bonds is 3. The first-order valence-corrected chi connectivity index (χ1v) is 8.86. The summed E-state index contributed by atoms with van der Waals surface area (Å²) >= 11 is 6.09. The van der Waals surface area contributed by atoms with Gasteiger partial charge in [-0.3, -0.25) is 9.78 Å². The molecule has 8 heteroatoms.